The lowest BCUT2D eigenvalue weighted by Crippen LogP contribution is -2.37. The summed E-state index contributed by atoms with van der Waals surface area (Å²) in [4.78, 5) is 27.7. The molecular weight excluding hydrogens is 385 g/mol. The SMILES string of the molecule is COc1ccc(C)cc1/C(O)=C1\C(=O)C(=O)N(C2CCCC2)C1c1ccc(F)cc1. The Balaban J connectivity index is 1.92. The zero-order valence-corrected chi connectivity index (χ0v) is 17.0. The Hall–Kier alpha value is -3.15. The lowest BCUT2D eigenvalue weighted by atomic mass is 9.94. The van der Waals surface area contributed by atoms with Crippen molar-refractivity contribution in [1.82, 2.24) is 4.90 Å². The number of ketones is 1. The van der Waals surface area contributed by atoms with E-state index in [1.807, 2.05) is 13.0 Å². The summed E-state index contributed by atoms with van der Waals surface area (Å²) in [5.41, 5.74) is 1.84. The van der Waals surface area contributed by atoms with Crippen LogP contribution in [0.25, 0.3) is 5.76 Å². The Morgan fingerprint density at radius 2 is 1.77 bits per heavy atom. The van der Waals surface area contributed by atoms with Gasteiger partial charge in [0, 0.05) is 6.04 Å². The van der Waals surface area contributed by atoms with E-state index < -0.39 is 23.5 Å². The van der Waals surface area contributed by atoms with Gasteiger partial charge in [-0.05, 0) is 49.6 Å². The molecule has 2 fully saturated rings. The number of methoxy groups -OCH3 is 1. The number of nitrogens with zero attached hydrogens (tertiary/aromatic N) is 1. The van der Waals surface area contributed by atoms with Crippen LogP contribution in [0.3, 0.4) is 0 Å². The van der Waals surface area contributed by atoms with Crippen molar-refractivity contribution in [2.24, 2.45) is 0 Å². The zero-order chi connectivity index (χ0) is 21.4. The fourth-order valence-electron chi connectivity index (χ4n) is 4.53. The van der Waals surface area contributed by atoms with E-state index in [0.29, 0.717) is 16.9 Å². The van der Waals surface area contributed by atoms with Crippen LogP contribution in [0.5, 0.6) is 5.75 Å². The van der Waals surface area contributed by atoms with Gasteiger partial charge >= 0.3 is 0 Å². The monoisotopic (exact) mass is 409 g/mol. The van der Waals surface area contributed by atoms with Gasteiger partial charge in [-0.2, -0.15) is 0 Å². The molecule has 156 valence electrons. The fraction of sp³-hybridized carbons (Fsp3) is 0.333. The lowest BCUT2D eigenvalue weighted by Gasteiger charge is -2.30. The van der Waals surface area contributed by atoms with E-state index in [0.717, 1.165) is 31.2 Å². The highest BCUT2D eigenvalue weighted by molar-refractivity contribution is 6.46. The van der Waals surface area contributed by atoms with Crippen molar-refractivity contribution in [1.29, 1.82) is 0 Å². The minimum absolute atomic E-state index is 0.0161. The van der Waals surface area contributed by atoms with E-state index >= 15 is 0 Å². The summed E-state index contributed by atoms with van der Waals surface area (Å²) >= 11 is 0. The Kier molecular flexibility index (Phi) is 5.33. The van der Waals surface area contributed by atoms with Crippen LogP contribution in [0, 0.1) is 12.7 Å². The van der Waals surface area contributed by atoms with Crippen molar-refractivity contribution in [3.8, 4) is 5.75 Å². The molecule has 2 aliphatic rings. The molecule has 2 aromatic carbocycles. The third kappa shape index (κ3) is 3.36. The molecule has 0 radical (unpaired) electrons. The van der Waals surface area contributed by atoms with Crippen LogP contribution in [0.1, 0.15) is 48.4 Å². The van der Waals surface area contributed by atoms with Crippen molar-refractivity contribution in [2.45, 2.75) is 44.7 Å². The number of hydrogen-bond donors (Lipinski definition) is 1. The number of hydrogen-bond acceptors (Lipinski definition) is 4. The summed E-state index contributed by atoms with van der Waals surface area (Å²) in [6.07, 6.45) is 3.57. The number of carbonyl (C=O) groups is 2. The smallest absolute Gasteiger partial charge is 0.295 e. The number of aryl methyl sites for hydroxylation is 1. The van der Waals surface area contributed by atoms with E-state index in [1.54, 1.807) is 29.2 Å². The van der Waals surface area contributed by atoms with Crippen molar-refractivity contribution >= 4 is 17.4 Å². The number of benzene rings is 2. The first-order valence-electron chi connectivity index (χ1n) is 10.1. The third-order valence-corrected chi connectivity index (χ3v) is 5.99. The molecule has 4 rings (SSSR count). The fourth-order valence-corrected chi connectivity index (χ4v) is 4.53. The minimum Gasteiger partial charge on any atom is -0.507 e. The highest BCUT2D eigenvalue weighted by Gasteiger charge is 2.49. The second-order valence-electron chi connectivity index (χ2n) is 7.90. The summed E-state index contributed by atoms with van der Waals surface area (Å²) in [5, 5.41) is 11.2. The summed E-state index contributed by atoms with van der Waals surface area (Å²) in [7, 11) is 1.48. The number of ether oxygens (including phenoxy) is 1. The van der Waals surface area contributed by atoms with Crippen molar-refractivity contribution in [3.05, 3.63) is 70.5 Å². The maximum atomic E-state index is 13.6. The normalized spacial score (nSPS) is 21.4. The first-order chi connectivity index (χ1) is 14.4. The van der Waals surface area contributed by atoms with Gasteiger partial charge in [0.05, 0.1) is 24.3 Å². The molecule has 30 heavy (non-hydrogen) atoms. The molecule has 0 aromatic heterocycles. The van der Waals surface area contributed by atoms with Crippen LogP contribution in [0.15, 0.2) is 48.0 Å². The number of halogens is 1. The zero-order valence-electron chi connectivity index (χ0n) is 17.0. The average molecular weight is 409 g/mol. The van der Waals surface area contributed by atoms with E-state index in [1.165, 1.54) is 19.2 Å². The molecule has 6 heteroatoms. The summed E-state index contributed by atoms with van der Waals surface area (Å²) in [6.45, 7) is 1.87. The molecule has 1 atom stereocenters. The van der Waals surface area contributed by atoms with Crippen LogP contribution in [-0.2, 0) is 9.59 Å². The standard InChI is InChI=1S/C24H24FNO4/c1-14-7-12-19(30-2)18(13-14)22(27)20-21(15-8-10-16(25)11-9-15)26(24(29)23(20)28)17-5-3-4-6-17/h7-13,17,21,27H,3-6H2,1-2H3/b22-20+. The summed E-state index contributed by atoms with van der Waals surface area (Å²) in [6, 6.07) is 10.2. The number of aliphatic hydroxyl groups is 1. The number of rotatable bonds is 4. The van der Waals surface area contributed by atoms with Gasteiger partial charge in [0.1, 0.15) is 17.3 Å². The molecule has 1 aliphatic carbocycles. The highest BCUT2D eigenvalue weighted by atomic mass is 19.1. The Morgan fingerprint density at radius 1 is 1.10 bits per heavy atom. The van der Waals surface area contributed by atoms with Gasteiger partial charge in [-0.1, -0.05) is 36.6 Å². The highest BCUT2D eigenvalue weighted by Crippen LogP contribution is 2.44. The number of likely N-dealkylation sites (tertiary alicyclic amines) is 1. The van der Waals surface area contributed by atoms with Gasteiger partial charge in [-0.15, -0.1) is 0 Å². The van der Waals surface area contributed by atoms with Gasteiger partial charge in [-0.25, -0.2) is 4.39 Å². The van der Waals surface area contributed by atoms with Crippen LogP contribution in [0.4, 0.5) is 4.39 Å². The minimum atomic E-state index is -0.765. The first kappa shape index (κ1) is 20.1. The maximum absolute atomic E-state index is 13.6. The average Bonchev–Trinajstić information content (AvgIpc) is 3.35. The number of aliphatic hydroxyl groups excluding tert-OH is 1. The lowest BCUT2D eigenvalue weighted by molar-refractivity contribution is -0.141. The Morgan fingerprint density at radius 3 is 2.40 bits per heavy atom. The molecule has 1 amide bonds. The largest absolute Gasteiger partial charge is 0.507 e. The quantitative estimate of drug-likeness (QED) is 0.458. The van der Waals surface area contributed by atoms with Gasteiger partial charge in [-0.3, -0.25) is 9.59 Å². The second kappa shape index (κ2) is 7.94. The predicted molar refractivity (Wildman–Crippen MR) is 111 cm³/mol. The van der Waals surface area contributed by atoms with E-state index in [-0.39, 0.29) is 17.4 Å². The molecule has 1 heterocycles. The molecule has 1 aliphatic heterocycles. The maximum Gasteiger partial charge on any atom is 0.295 e. The van der Waals surface area contributed by atoms with Crippen LogP contribution >= 0.6 is 0 Å². The van der Waals surface area contributed by atoms with Crippen molar-refractivity contribution in [3.63, 3.8) is 0 Å². The van der Waals surface area contributed by atoms with Crippen molar-refractivity contribution in [2.75, 3.05) is 7.11 Å². The number of carbonyl (C=O) groups excluding carboxylic acids is 2. The van der Waals surface area contributed by atoms with Crippen LogP contribution in [0.2, 0.25) is 0 Å². The summed E-state index contributed by atoms with van der Waals surface area (Å²) in [5.74, 6) is -1.62. The third-order valence-electron chi connectivity index (χ3n) is 5.99. The van der Waals surface area contributed by atoms with Gasteiger partial charge < -0.3 is 14.7 Å². The molecule has 5 nitrogen and oxygen atoms in total. The van der Waals surface area contributed by atoms with E-state index in [9.17, 15) is 19.1 Å². The molecular formula is C24H24FNO4. The van der Waals surface area contributed by atoms with Crippen molar-refractivity contribution < 1.29 is 23.8 Å². The predicted octanol–water partition coefficient (Wildman–Crippen LogP) is 4.51. The molecule has 1 N–H and O–H groups in total. The van der Waals surface area contributed by atoms with E-state index in [2.05, 4.69) is 0 Å². The van der Waals surface area contributed by atoms with Gasteiger partial charge in [0.2, 0.25) is 0 Å². The molecule has 1 unspecified atom stereocenters. The first-order valence-corrected chi connectivity index (χ1v) is 10.1. The van der Waals surface area contributed by atoms with Crippen LogP contribution < -0.4 is 4.74 Å². The topological polar surface area (TPSA) is 66.8 Å². The van der Waals surface area contributed by atoms with Gasteiger partial charge in [0.25, 0.3) is 11.7 Å². The Labute approximate surface area is 174 Å². The summed E-state index contributed by atoms with van der Waals surface area (Å²) < 4.78 is 18.9. The molecule has 0 spiro atoms. The van der Waals surface area contributed by atoms with E-state index in [4.69, 9.17) is 4.74 Å². The molecule has 1 saturated carbocycles. The van der Waals surface area contributed by atoms with Crippen LogP contribution in [-0.4, -0.2) is 34.8 Å². The Bertz CT molecular complexity index is 1020. The number of Topliss-reactive ketones (excluding diaryl/α,β-unsaturated/α-hetero) is 1. The second-order valence-corrected chi connectivity index (χ2v) is 7.90. The molecule has 2 aromatic rings. The molecule has 1 saturated heterocycles. The number of amides is 1. The molecule has 0 bridgehead atoms. The van der Waals surface area contributed by atoms with Gasteiger partial charge in [0.15, 0.2) is 0 Å².